The molecule has 0 aliphatic heterocycles. The summed E-state index contributed by atoms with van der Waals surface area (Å²) < 4.78 is 7.57. The molecule has 0 spiro atoms. The number of carbonyl (C=O) groups excluding carboxylic acids is 1. The maximum Gasteiger partial charge on any atom is 0.406 e. The van der Waals surface area contributed by atoms with Crippen molar-refractivity contribution >= 4 is 17.4 Å². The van der Waals surface area contributed by atoms with Crippen LogP contribution in [-0.4, -0.2) is 28.7 Å². The molecule has 1 heterocycles. The zero-order chi connectivity index (χ0) is 22.5. The zero-order valence-corrected chi connectivity index (χ0v) is 17.3. The van der Waals surface area contributed by atoms with Gasteiger partial charge >= 0.3 is 5.56 Å². The van der Waals surface area contributed by atoms with E-state index in [1.165, 1.54) is 16.5 Å². The van der Waals surface area contributed by atoms with Gasteiger partial charge < -0.3 is 9.84 Å². The molecule has 1 N–H and O–H groups in total. The molecule has 4 rings (SSSR count). The summed E-state index contributed by atoms with van der Waals surface area (Å²) in [5.41, 5.74) is 0.535. The van der Waals surface area contributed by atoms with Crippen LogP contribution in [0.1, 0.15) is 16.1 Å². The van der Waals surface area contributed by atoms with E-state index in [0.29, 0.717) is 22.7 Å². The summed E-state index contributed by atoms with van der Waals surface area (Å²) in [5.74, 6) is -0.405. The summed E-state index contributed by atoms with van der Waals surface area (Å²) in [4.78, 5) is 30.0. The first-order valence-electron chi connectivity index (χ1n) is 9.85. The largest absolute Gasteiger partial charge is 0.855 e. The summed E-state index contributed by atoms with van der Waals surface area (Å²) in [6.45, 7) is -0.243. The van der Waals surface area contributed by atoms with Gasteiger partial charge in [0.15, 0.2) is 12.2 Å². The number of aromatic nitrogens is 3. The molecule has 8 heteroatoms. The third-order valence-corrected chi connectivity index (χ3v) is 4.81. The Kier molecular flexibility index (Phi) is 5.94. The summed E-state index contributed by atoms with van der Waals surface area (Å²) in [6, 6.07) is 24.0. The van der Waals surface area contributed by atoms with Gasteiger partial charge in [0.1, 0.15) is 5.75 Å². The lowest BCUT2D eigenvalue weighted by molar-refractivity contribution is -0.745. The number of rotatable bonds is 7. The second-order valence-electron chi connectivity index (χ2n) is 6.92. The van der Waals surface area contributed by atoms with Crippen LogP contribution in [0.3, 0.4) is 0 Å². The number of aliphatic imine (C=N–C) groups is 1. The number of aromatic amines is 1. The molecule has 0 saturated carbocycles. The van der Waals surface area contributed by atoms with Crippen LogP contribution >= 0.6 is 0 Å². The predicted molar refractivity (Wildman–Crippen MR) is 117 cm³/mol. The molecule has 0 unspecified atom stereocenters. The number of ketones is 1. The molecule has 0 saturated heterocycles. The van der Waals surface area contributed by atoms with Crippen LogP contribution in [-0.2, 0) is 6.54 Å². The Balaban J connectivity index is 1.77. The van der Waals surface area contributed by atoms with Crippen LogP contribution in [0.15, 0.2) is 94.7 Å². The second kappa shape index (κ2) is 9.13. The van der Waals surface area contributed by atoms with Gasteiger partial charge in [-0.15, -0.1) is 4.68 Å². The van der Waals surface area contributed by atoms with Crippen molar-refractivity contribution in [2.24, 2.45) is 4.99 Å². The van der Waals surface area contributed by atoms with Gasteiger partial charge in [-0.1, -0.05) is 46.3 Å². The van der Waals surface area contributed by atoms with Crippen LogP contribution in [0.2, 0.25) is 0 Å². The van der Waals surface area contributed by atoms with Crippen molar-refractivity contribution in [1.82, 2.24) is 9.90 Å². The van der Waals surface area contributed by atoms with E-state index >= 15 is 0 Å². The molecular formula is C24H20N4O4. The number of H-pyrrole nitrogens is 1. The molecule has 160 valence electrons. The van der Waals surface area contributed by atoms with Crippen LogP contribution < -0.4 is 20.1 Å². The Morgan fingerprint density at radius 1 is 1.00 bits per heavy atom. The monoisotopic (exact) mass is 428 g/mol. The smallest absolute Gasteiger partial charge is 0.406 e. The van der Waals surface area contributed by atoms with Crippen LogP contribution in [0.5, 0.6) is 5.75 Å². The Hall–Kier alpha value is -4.46. The van der Waals surface area contributed by atoms with Gasteiger partial charge in [0.2, 0.25) is 11.5 Å². The van der Waals surface area contributed by atoms with Crippen LogP contribution in [0.4, 0.5) is 5.69 Å². The number of ether oxygens (including phenoxy) is 1. The average molecular weight is 428 g/mol. The van der Waals surface area contributed by atoms with E-state index in [2.05, 4.69) is 10.2 Å². The van der Waals surface area contributed by atoms with Gasteiger partial charge in [0.05, 0.1) is 12.8 Å². The van der Waals surface area contributed by atoms with E-state index in [4.69, 9.17) is 4.74 Å². The molecule has 1 aromatic heterocycles. The quantitative estimate of drug-likeness (QED) is 0.210. The maximum atomic E-state index is 13.1. The molecule has 0 aliphatic carbocycles. The molecule has 0 bridgehead atoms. The van der Waals surface area contributed by atoms with E-state index in [0.717, 1.165) is 0 Å². The molecule has 0 aliphatic rings. The van der Waals surface area contributed by atoms with Crippen LogP contribution in [0, 0.1) is 0 Å². The van der Waals surface area contributed by atoms with Gasteiger partial charge in [-0.3, -0.25) is 9.79 Å². The minimum Gasteiger partial charge on any atom is -0.855 e. The standard InChI is InChI=1S/C24H20N4O4/c1-32-20-14-12-17(13-15-20)21(29)16-27-22(23(30)25-18-8-4-2-5-9-18)24(31)28(26-27)19-10-6-3-7-11-19/h2-15H,16H2,1H3,(H-,25,26,30,31). The Labute approximate surface area is 183 Å². The van der Waals surface area contributed by atoms with Crippen molar-refractivity contribution in [3.05, 3.63) is 107 Å². The minimum atomic E-state index is -0.741. The predicted octanol–water partition coefficient (Wildman–Crippen LogP) is 1.78. The number of Topliss-reactive ketones (excluding diaryl/α,β-unsaturated/α-hetero) is 1. The van der Waals surface area contributed by atoms with E-state index in [1.807, 2.05) is 6.07 Å². The molecule has 3 aromatic carbocycles. The fourth-order valence-electron chi connectivity index (χ4n) is 3.20. The van der Waals surface area contributed by atoms with Crippen molar-refractivity contribution in [3.8, 4) is 11.4 Å². The zero-order valence-electron chi connectivity index (χ0n) is 17.3. The van der Waals surface area contributed by atoms with Crippen molar-refractivity contribution in [1.29, 1.82) is 0 Å². The third-order valence-electron chi connectivity index (χ3n) is 4.81. The van der Waals surface area contributed by atoms with Gasteiger partial charge in [-0.2, -0.15) is 0 Å². The van der Waals surface area contributed by atoms with Crippen LogP contribution in [0.25, 0.3) is 5.69 Å². The number of nitrogens with zero attached hydrogens (tertiary/aromatic N) is 3. The number of para-hydroxylation sites is 2. The summed E-state index contributed by atoms with van der Waals surface area (Å²) >= 11 is 0. The number of benzene rings is 3. The topological polar surface area (TPSA) is 103 Å². The highest BCUT2D eigenvalue weighted by atomic mass is 16.5. The molecule has 0 amide bonds. The number of methoxy groups -OCH3 is 1. The number of nitrogens with one attached hydrogen (secondary N) is 1. The Morgan fingerprint density at radius 3 is 2.25 bits per heavy atom. The second-order valence-corrected chi connectivity index (χ2v) is 6.92. The molecular weight excluding hydrogens is 408 g/mol. The number of carbonyl (C=O) groups is 1. The van der Waals surface area contributed by atoms with Gasteiger partial charge in [-0.05, 0) is 48.5 Å². The normalized spacial score (nSPS) is 11.3. The van der Waals surface area contributed by atoms with Crippen molar-refractivity contribution < 1.29 is 19.3 Å². The molecule has 0 radical (unpaired) electrons. The first kappa shape index (κ1) is 20.8. The lowest BCUT2D eigenvalue weighted by atomic mass is 10.1. The molecule has 0 fully saturated rings. The number of hydrogen-bond acceptors (Lipinski definition) is 5. The lowest BCUT2D eigenvalue weighted by Crippen LogP contribution is -2.48. The lowest BCUT2D eigenvalue weighted by Gasteiger charge is -2.07. The van der Waals surface area contributed by atoms with E-state index in [-0.39, 0.29) is 18.0 Å². The van der Waals surface area contributed by atoms with Crippen molar-refractivity contribution in [2.75, 3.05) is 7.11 Å². The molecule has 8 nitrogen and oxygen atoms in total. The van der Waals surface area contributed by atoms with E-state index < -0.39 is 11.5 Å². The SMILES string of the molecule is COc1ccc(C(=O)C[n+]2[nH]n(-c3ccccc3)c(=O)c2C([O-])=Nc2ccccc2)cc1. The van der Waals surface area contributed by atoms with Gasteiger partial charge in [0.25, 0.3) is 0 Å². The highest BCUT2D eigenvalue weighted by Gasteiger charge is 2.25. The van der Waals surface area contributed by atoms with Crippen molar-refractivity contribution in [3.63, 3.8) is 0 Å². The van der Waals surface area contributed by atoms with E-state index in [1.54, 1.807) is 78.9 Å². The van der Waals surface area contributed by atoms with Gasteiger partial charge in [0, 0.05) is 11.5 Å². The Morgan fingerprint density at radius 2 is 1.62 bits per heavy atom. The fraction of sp³-hybridized carbons (Fsp3) is 0.0833. The number of hydrogen-bond donors (Lipinski definition) is 1. The highest BCUT2D eigenvalue weighted by molar-refractivity contribution is 5.95. The average Bonchev–Trinajstić information content (AvgIpc) is 3.16. The summed E-state index contributed by atoms with van der Waals surface area (Å²) in [5, 5.41) is 15.8. The first-order valence-corrected chi connectivity index (χ1v) is 9.85. The van der Waals surface area contributed by atoms with Gasteiger partial charge in [-0.25, -0.2) is 4.79 Å². The third kappa shape index (κ3) is 4.34. The van der Waals surface area contributed by atoms with Crippen molar-refractivity contribution in [2.45, 2.75) is 6.54 Å². The minimum absolute atomic E-state index is 0.237. The fourth-order valence-corrected chi connectivity index (χ4v) is 3.20. The molecule has 0 atom stereocenters. The summed E-state index contributed by atoms with van der Waals surface area (Å²) in [7, 11) is 1.54. The maximum absolute atomic E-state index is 13.1. The Bertz CT molecular complexity index is 1310. The molecule has 4 aromatic rings. The molecule has 32 heavy (non-hydrogen) atoms. The first-order chi connectivity index (χ1) is 15.6. The highest BCUT2D eigenvalue weighted by Crippen LogP contribution is 2.12. The summed E-state index contributed by atoms with van der Waals surface area (Å²) in [6.07, 6.45) is 0. The van der Waals surface area contributed by atoms with E-state index in [9.17, 15) is 14.7 Å².